The zero-order chi connectivity index (χ0) is 13.7. The van der Waals surface area contributed by atoms with Gasteiger partial charge in [-0.3, -0.25) is 4.90 Å². The molecule has 1 N–H and O–H groups in total. The topological polar surface area (TPSA) is 41.9 Å². The van der Waals surface area contributed by atoms with Crippen LogP contribution in [0.25, 0.3) is 0 Å². The number of β-amino-alcohol motifs (C(OH)–C–C–N with tert-alkyl or cyclic N) is 1. The minimum Gasteiger partial charge on any atom is -0.497 e. The first-order valence-electron chi connectivity index (χ1n) is 6.88. The molecule has 1 saturated heterocycles. The summed E-state index contributed by atoms with van der Waals surface area (Å²) in [6, 6.07) is 8.04. The highest BCUT2D eigenvalue weighted by molar-refractivity contribution is 5.29. The van der Waals surface area contributed by atoms with Crippen LogP contribution in [0.4, 0.5) is 0 Å². The number of aliphatic hydroxyl groups excluding tert-OH is 1. The third-order valence-corrected chi connectivity index (χ3v) is 3.71. The summed E-state index contributed by atoms with van der Waals surface area (Å²) in [5.74, 6) is 0.783. The van der Waals surface area contributed by atoms with Gasteiger partial charge in [0.1, 0.15) is 5.75 Å². The third kappa shape index (κ3) is 3.69. The molecule has 19 heavy (non-hydrogen) atoms. The Morgan fingerprint density at radius 1 is 1.53 bits per heavy atom. The summed E-state index contributed by atoms with van der Waals surface area (Å²) >= 11 is 0. The van der Waals surface area contributed by atoms with Crippen LogP contribution in [0.1, 0.15) is 25.0 Å². The molecule has 106 valence electrons. The summed E-state index contributed by atoms with van der Waals surface area (Å²) in [6.07, 6.45) is 0.562. The van der Waals surface area contributed by atoms with Crippen molar-refractivity contribution < 1.29 is 14.6 Å². The quantitative estimate of drug-likeness (QED) is 0.882. The largest absolute Gasteiger partial charge is 0.497 e. The first-order valence-corrected chi connectivity index (χ1v) is 6.88. The van der Waals surface area contributed by atoms with Crippen LogP contribution >= 0.6 is 0 Å². The second-order valence-electron chi connectivity index (χ2n) is 4.92. The van der Waals surface area contributed by atoms with Crippen LogP contribution in [0.5, 0.6) is 5.75 Å². The molecular weight excluding hydrogens is 242 g/mol. The van der Waals surface area contributed by atoms with Gasteiger partial charge >= 0.3 is 0 Å². The first-order chi connectivity index (χ1) is 9.24. The molecule has 1 aromatic carbocycles. The van der Waals surface area contributed by atoms with Gasteiger partial charge in [-0.05, 0) is 24.1 Å². The first kappa shape index (κ1) is 14.3. The van der Waals surface area contributed by atoms with Crippen molar-refractivity contribution in [2.75, 3.05) is 33.4 Å². The Hall–Kier alpha value is -1.10. The lowest BCUT2D eigenvalue weighted by Crippen LogP contribution is -2.46. The lowest BCUT2D eigenvalue weighted by molar-refractivity contribution is -0.0277. The van der Waals surface area contributed by atoms with Gasteiger partial charge in [0.15, 0.2) is 0 Å². The number of methoxy groups -OCH3 is 1. The van der Waals surface area contributed by atoms with Crippen LogP contribution < -0.4 is 4.74 Å². The minimum atomic E-state index is -0.484. The van der Waals surface area contributed by atoms with Gasteiger partial charge in [-0.15, -0.1) is 0 Å². The van der Waals surface area contributed by atoms with Gasteiger partial charge < -0.3 is 14.6 Å². The van der Waals surface area contributed by atoms with Gasteiger partial charge in [0.2, 0.25) is 0 Å². The van der Waals surface area contributed by atoms with Gasteiger partial charge in [0.25, 0.3) is 0 Å². The van der Waals surface area contributed by atoms with Crippen LogP contribution in [0.2, 0.25) is 0 Å². The maximum atomic E-state index is 10.4. The van der Waals surface area contributed by atoms with Gasteiger partial charge in [-0.1, -0.05) is 19.1 Å². The van der Waals surface area contributed by atoms with Crippen molar-refractivity contribution in [1.29, 1.82) is 0 Å². The molecule has 1 aliphatic rings. The van der Waals surface area contributed by atoms with E-state index in [0.29, 0.717) is 12.6 Å². The van der Waals surface area contributed by atoms with Crippen LogP contribution in [-0.4, -0.2) is 49.5 Å². The maximum absolute atomic E-state index is 10.4. The summed E-state index contributed by atoms with van der Waals surface area (Å²) in [6.45, 7) is 5.21. The average Bonchev–Trinajstić information content (AvgIpc) is 2.47. The van der Waals surface area contributed by atoms with Crippen LogP contribution in [0.3, 0.4) is 0 Å². The van der Waals surface area contributed by atoms with Crippen molar-refractivity contribution in [3.63, 3.8) is 0 Å². The highest BCUT2D eigenvalue weighted by Gasteiger charge is 2.24. The minimum absolute atomic E-state index is 0.411. The van der Waals surface area contributed by atoms with Gasteiger partial charge in [0, 0.05) is 19.1 Å². The van der Waals surface area contributed by atoms with Crippen LogP contribution in [0, 0.1) is 0 Å². The monoisotopic (exact) mass is 265 g/mol. The molecule has 1 aromatic rings. The van der Waals surface area contributed by atoms with E-state index in [9.17, 15) is 5.11 Å². The molecule has 0 bridgehead atoms. The third-order valence-electron chi connectivity index (χ3n) is 3.71. The molecule has 2 unspecified atom stereocenters. The fourth-order valence-electron chi connectivity index (χ4n) is 2.48. The Kier molecular flexibility index (Phi) is 5.19. The van der Waals surface area contributed by atoms with E-state index >= 15 is 0 Å². The predicted octanol–water partition coefficient (Wildman–Crippen LogP) is 1.84. The second kappa shape index (κ2) is 6.89. The molecule has 2 rings (SSSR count). The molecule has 0 radical (unpaired) electrons. The number of rotatable bonds is 5. The Morgan fingerprint density at radius 3 is 3.11 bits per heavy atom. The van der Waals surface area contributed by atoms with E-state index in [2.05, 4.69) is 11.8 Å². The highest BCUT2D eigenvalue weighted by atomic mass is 16.5. The van der Waals surface area contributed by atoms with Crippen molar-refractivity contribution in [2.45, 2.75) is 25.5 Å². The number of morpholine rings is 1. The van der Waals surface area contributed by atoms with Crippen molar-refractivity contribution in [3.8, 4) is 5.75 Å². The molecule has 0 aromatic heterocycles. The fraction of sp³-hybridized carbons (Fsp3) is 0.600. The average molecular weight is 265 g/mol. The smallest absolute Gasteiger partial charge is 0.119 e. The molecule has 1 aliphatic heterocycles. The summed E-state index contributed by atoms with van der Waals surface area (Å²) < 4.78 is 10.7. The van der Waals surface area contributed by atoms with E-state index in [4.69, 9.17) is 9.47 Å². The number of hydrogen-bond acceptors (Lipinski definition) is 4. The molecule has 1 heterocycles. The number of ether oxygens (including phenoxy) is 2. The number of benzene rings is 1. The molecular formula is C15H23NO3. The molecule has 0 amide bonds. The second-order valence-corrected chi connectivity index (χ2v) is 4.92. The van der Waals surface area contributed by atoms with Gasteiger partial charge in [-0.25, -0.2) is 0 Å². The number of nitrogens with zero attached hydrogens (tertiary/aromatic N) is 1. The lowest BCUT2D eigenvalue weighted by atomic mass is 10.1. The van der Waals surface area contributed by atoms with E-state index in [0.717, 1.165) is 37.5 Å². The van der Waals surface area contributed by atoms with Gasteiger partial charge in [0.05, 0.1) is 26.4 Å². The van der Waals surface area contributed by atoms with Crippen molar-refractivity contribution in [3.05, 3.63) is 29.8 Å². The van der Waals surface area contributed by atoms with Crippen molar-refractivity contribution in [2.24, 2.45) is 0 Å². The molecule has 0 aliphatic carbocycles. The molecule has 1 fully saturated rings. The van der Waals surface area contributed by atoms with Crippen molar-refractivity contribution >= 4 is 0 Å². The van der Waals surface area contributed by atoms with E-state index in [1.54, 1.807) is 7.11 Å². The highest BCUT2D eigenvalue weighted by Crippen LogP contribution is 2.21. The zero-order valence-electron chi connectivity index (χ0n) is 11.7. The Balaban J connectivity index is 2.00. The Labute approximate surface area is 114 Å². The van der Waals surface area contributed by atoms with Crippen molar-refractivity contribution in [1.82, 2.24) is 4.90 Å². The normalized spacial score (nSPS) is 22.2. The summed E-state index contributed by atoms with van der Waals surface area (Å²) in [7, 11) is 1.64. The zero-order valence-corrected chi connectivity index (χ0v) is 11.7. The van der Waals surface area contributed by atoms with E-state index in [1.807, 2.05) is 24.3 Å². The fourth-order valence-corrected chi connectivity index (χ4v) is 2.48. The standard InChI is InChI=1S/C15H23NO3/c1-3-13-11-19-8-7-16(13)10-15(17)12-5-4-6-14(9-12)18-2/h4-6,9,13,15,17H,3,7-8,10-11H2,1-2H3. The summed E-state index contributed by atoms with van der Waals surface area (Å²) in [4.78, 5) is 2.31. The number of hydrogen-bond donors (Lipinski definition) is 1. The molecule has 0 saturated carbocycles. The SMILES string of the molecule is CCC1COCCN1CC(O)c1cccc(OC)c1. The molecule has 2 atom stereocenters. The Morgan fingerprint density at radius 2 is 2.37 bits per heavy atom. The molecule has 4 nitrogen and oxygen atoms in total. The number of aliphatic hydroxyl groups is 1. The maximum Gasteiger partial charge on any atom is 0.119 e. The predicted molar refractivity (Wildman–Crippen MR) is 74.4 cm³/mol. The van der Waals surface area contributed by atoms with Crippen LogP contribution in [0.15, 0.2) is 24.3 Å². The van der Waals surface area contributed by atoms with E-state index < -0.39 is 6.10 Å². The summed E-state index contributed by atoms with van der Waals surface area (Å²) in [5, 5.41) is 10.4. The van der Waals surface area contributed by atoms with E-state index in [-0.39, 0.29) is 0 Å². The lowest BCUT2D eigenvalue weighted by Gasteiger charge is -2.36. The molecule has 4 heteroatoms. The summed E-state index contributed by atoms with van der Waals surface area (Å²) in [5.41, 5.74) is 0.903. The van der Waals surface area contributed by atoms with Crippen LogP contribution in [-0.2, 0) is 4.74 Å². The van der Waals surface area contributed by atoms with Gasteiger partial charge in [-0.2, -0.15) is 0 Å². The van der Waals surface area contributed by atoms with E-state index in [1.165, 1.54) is 0 Å². The Bertz CT molecular complexity index is 397. The molecule has 0 spiro atoms.